The first-order chi connectivity index (χ1) is 17.2. The minimum atomic E-state index is -0.517. The van der Waals surface area contributed by atoms with Gasteiger partial charge in [0.25, 0.3) is 0 Å². The summed E-state index contributed by atoms with van der Waals surface area (Å²) in [5, 5.41) is 11.1. The molecule has 2 saturated heterocycles. The molecule has 1 amide bonds. The lowest BCUT2D eigenvalue weighted by Gasteiger charge is -2.42. The molecule has 1 aromatic heterocycles. The fraction of sp³-hybridized carbons (Fsp3) is 0.607. The van der Waals surface area contributed by atoms with E-state index in [4.69, 9.17) is 11.6 Å². The van der Waals surface area contributed by atoms with E-state index in [1.807, 2.05) is 29.2 Å². The second-order valence-electron chi connectivity index (χ2n) is 11.2. The van der Waals surface area contributed by atoms with Crippen LogP contribution < -0.4 is 4.90 Å². The summed E-state index contributed by atoms with van der Waals surface area (Å²) >= 11 is 6.20. The number of likely N-dealkylation sites (N-methyl/N-ethyl adjacent to an activating group) is 1. The second kappa shape index (κ2) is 9.92. The van der Waals surface area contributed by atoms with Crippen LogP contribution in [0.1, 0.15) is 81.7 Å². The molecule has 4 atom stereocenters. The Bertz CT molecular complexity index is 1100. The Labute approximate surface area is 219 Å². The Morgan fingerprint density at radius 3 is 2.53 bits per heavy atom. The van der Waals surface area contributed by atoms with Crippen LogP contribution in [0.5, 0.6) is 0 Å². The number of amides is 1. The minimum absolute atomic E-state index is 0.0811. The molecule has 1 N–H and O–H groups in total. The number of halogens is 1. The summed E-state index contributed by atoms with van der Waals surface area (Å²) in [6.07, 6.45) is 3.82. The van der Waals surface area contributed by atoms with Crippen LogP contribution in [0.25, 0.3) is 0 Å². The van der Waals surface area contributed by atoms with Crippen molar-refractivity contribution in [2.45, 2.75) is 76.5 Å². The molecule has 0 spiro atoms. The van der Waals surface area contributed by atoms with Crippen molar-refractivity contribution in [2.75, 3.05) is 37.6 Å². The Hall–Kier alpha value is -2.22. The van der Waals surface area contributed by atoms with Crippen LogP contribution in [-0.4, -0.2) is 75.1 Å². The molecule has 7 nitrogen and oxygen atoms in total. The van der Waals surface area contributed by atoms with Gasteiger partial charge < -0.3 is 14.9 Å². The summed E-state index contributed by atoms with van der Waals surface area (Å²) in [6.45, 7) is 12.6. The van der Waals surface area contributed by atoms with Crippen molar-refractivity contribution in [3.63, 3.8) is 0 Å². The van der Waals surface area contributed by atoms with Crippen LogP contribution >= 0.6 is 11.6 Å². The molecule has 0 radical (unpaired) electrons. The Morgan fingerprint density at radius 2 is 1.86 bits per heavy atom. The van der Waals surface area contributed by atoms with Gasteiger partial charge in [-0.2, -0.15) is 0 Å². The first-order valence-corrected chi connectivity index (χ1v) is 13.7. The third kappa shape index (κ3) is 4.50. The van der Waals surface area contributed by atoms with E-state index >= 15 is 0 Å². The third-order valence-corrected chi connectivity index (χ3v) is 8.87. The number of piperazine rings is 1. The zero-order valence-electron chi connectivity index (χ0n) is 21.8. The predicted molar refractivity (Wildman–Crippen MR) is 142 cm³/mol. The van der Waals surface area contributed by atoms with Crippen LogP contribution in [-0.2, 0) is 4.79 Å². The molecular formula is C28H38ClN5O2. The summed E-state index contributed by atoms with van der Waals surface area (Å²) in [5.41, 5.74) is 2.95. The van der Waals surface area contributed by atoms with Gasteiger partial charge in [-0.3, -0.25) is 9.69 Å². The zero-order valence-corrected chi connectivity index (χ0v) is 22.6. The molecule has 5 rings (SSSR count). The molecule has 194 valence electrons. The van der Waals surface area contributed by atoms with E-state index in [1.165, 1.54) is 0 Å². The molecule has 8 heteroatoms. The number of aromatic nitrogens is 2. The number of anilines is 1. The van der Waals surface area contributed by atoms with Crippen molar-refractivity contribution in [3.8, 4) is 0 Å². The van der Waals surface area contributed by atoms with Gasteiger partial charge in [0.1, 0.15) is 12.1 Å². The number of aliphatic hydroxyl groups is 1. The quantitative estimate of drug-likeness (QED) is 0.642. The standard InChI is InChI=1S/C28H38ClN5O2/c1-5-34-21(10-11-28(34,3)4)24(19-6-8-20(29)9-7-19)27(36)33-14-12-32(13-15-33)26-23-18(2)16-22(35)25(23)30-17-31-26/h6-9,17-18,21-22,24,35H,5,10-16H2,1-4H3/t18-,21?,22-,24?/m1/s1. The van der Waals surface area contributed by atoms with E-state index in [1.54, 1.807) is 6.33 Å². The molecule has 3 aliphatic rings. The third-order valence-electron chi connectivity index (χ3n) is 8.62. The molecule has 2 unspecified atom stereocenters. The maximum atomic E-state index is 14.2. The highest BCUT2D eigenvalue weighted by Gasteiger charge is 2.46. The number of aliphatic hydroxyl groups excluding tert-OH is 1. The number of carbonyl (C=O) groups excluding carboxylic acids is 1. The zero-order chi connectivity index (χ0) is 25.6. The van der Waals surface area contributed by atoms with Crippen molar-refractivity contribution in [1.82, 2.24) is 19.8 Å². The van der Waals surface area contributed by atoms with E-state index in [0.29, 0.717) is 24.5 Å². The number of fused-ring (bicyclic) bond motifs is 1. The molecule has 0 saturated carbocycles. The topological polar surface area (TPSA) is 72.8 Å². The van der Waals surface area contributed by atoms with Crippen LogP contribution in [0.3, 0.4) is 0 Å². The number of hydrogen-bond donors (Lipinski definition) is 1. The van der Waals surface area contributed by atoms with Crippen LogP contribution in [0.15, 0.2) is 30.6 Å². The van der Waals surface area contributed by atoms with Gasteiger partial charge in [-0.25, -0.2) is 9.97 Å². The van der Waals surface area contributed by atoms with Crippen molar-refractivity contribution in [3.05, 3.63) is 52.4 Å². The summed E-state index contributed by atoms with van der Waals surface area (Å²) < 4.78 is 0. The van der Waals surface area contributed by atoms with Gasteiger partial charge in [-0.1, -0.05) is 37.6 Å². The molecule has 1 aromatic carbocycles. The van der Waals surface area contributed by atoms with Gasteiger partial charge in [0.05, 0.1) is 17.7 Å². The maximum absolute atomic E-state index is 14.2. The van der Waals surface area contributed by atoms with Crippen molar-refractivity contribution < 1.29 is 9.90 Å². The average molecular weight is 512 g/mol. The highest BCUT2D eigenvalue weighted by atomic mass is 35.5. The van der Waals surface area contributed by atoms with E-state index in [-0.39, 0.29) is 29.3 Å². The number of hydrogen-bond acceptors (Lipinski definition) is 6. The van der Waals surface area contributed by atoms with Crippen LogP contribution in [0.4, 0.5) is 5.82 Å². The summed E-state index contributed by atoms with van der Waals surface area (Å²) in [4.78, 5) is 29.9. The maximum Gasteiger partial charge on any atom is 0.231 e. The average Bonchev–Trinajstić information content (AvgIpc) is 3.34. The first kappa shape index (κ1) is 25.4. The lowest BCUT2D eigenvalue weighted by atomic mass is 9.88. The second-order valence-corrected chi connectivity index (χ2v) is 11.6. The minimum Gasteiger partial charge on any atom is -0.387 e. The van der Waals surface area contributed by atoms with Crippen molar-refractivity contribution in [1.29, 1.82) is 0 Å². The fourth-order valence-electron chi connectivity index (χ4n) is 6.75. The molecule has 3 heterocycles. The summed E-state index contributed by atoms with van der Waals surface area (Å²) in [7, 11) is 0. The normalized spacial score (nSPS) is 26.8. The van der Waals surface area contributed by atoms with Crippen LogP contribution in [0, 0.1) is 0 Å². The monoisotopic (exact) mass is 511 g/mol. The largest absolute Gasteiger partial charge is 0.387 e. The number of nitrogens with zero attached hydrogens (tertiary/aromatic N) is 5. The number of rotatable bonds is 5. The predicted octanol–water partition coefficient (Wildman–Crippen LogP) is 4.37. The molecule has 1 aliphatic carbocycles. The van der Waals surface area contributed by atoms with Crippen molar-refractivity contribution >= 4 is 23.3 Å². The molecule has 2 aliphatic heterocycles. The molecule has 2 aromatic rings. The SMILES string of the molecule is CCN1C(C(C(=O)N2CCN(c3ncnc4c3[C@H](C)C[C@H]4O)CC2)c2ccc(Cl)cc2)CCC1(C)C. The summed E-state index contributed by atoms with van der Waals surface area (Å²) in [5.74, 6) is 1.13. The Balaban J connectivity index is 1.37. The Morgan fingerprint density at radius 1 is 1.17 bits per heavy atom. The lowest BCUT2D eigenvalue weighted by molar-refractivity contribution is -0.135. The molecular weight excluding hydrogens is 474 g/mol. The number of likely N-dealkylation sites (tertiary alicyclic amines) is 1. The number of carbonyl (C=O) groups is 1. The van der Waals surface area contributed by atoms with Gasteiger partial charge in [-0.15, -0.1) is 0 Å². The fourth-order valence-corrected chi connectivity index (χ4v) is 6.87. The number of benzene rings is 1. The highest BCUT2D eigenvalue weighted by Crippen LogP contribution is 2.43. The van der Waals surface area contributed by atoms with Gasteiger partial charge in [0.15, 0.2) is 0 Å². The molecule has 2 fully saturated rings. The Kier molecular flexibility index (Phi) is 7.01. The van der Waals surface area contributed by atoms with Crippen molar-refractivity contribution in [2.24, 2.45) is 0 Å². The van der Waals surface area contributed by atoms with Gasteiger partial charge in [0, 0.05) is 48.3 Å². The van der Waals surface area contributed by atoms with E-state index in [2.05, 4.69) is 47.5 Å². The first-order valence-electron chi connectivity index (χ1n) is 13.3. The van der Waals surface area contributed by atoms with E-state index in [9.17, 15) is 9.90 Å². The summed E-state index contributed by atoms with van der Waals surface area (Å²) in [6, 6.07) is 8.02. The van der Waals surface area contributed by atoms with Gasteiger partial charge >= 0.3 is 0 Å². The van der Waals surface area contributed by atoms with E-state index < -0.39 is 6.10 Å². The molecule has 0 bridgehead atoms. The van der Waals surface area contributed by atoms with Crippen LogP contribution in [0.2, 0.25) is 5.02 Å². The molecule has 36 heavy (non-hydrogen) atoms. The highest BCUT2D eigenvalue weighted by molar-refractivity contribution is 6.30. The van der Waals surface area contributed by atoms with E-state index in [0.717, 1.165) is 55.1 Å². The van der Waals surface area contributed by atoms with Gasteiger partial charge in [0.2, 0.25) is 5.91 Å². The smallest absolute Gasteiger partial charge is 0.231 e. The van der Waals surface area contributed by atoms with Gasteiger partial charge in [-0.05, 0) is 63.3 Å². The lowest BCUT2D eigenvalue weighted by Crippen LogP contribution is -2.54.